The SMILES string of the molecule is O=C([C@H]1CCCN(Cc2ccccc2[N+](=O)[O-])C1)N1CCCC1. The number of likely N-dealkylation sites (tertiary alicyclic amines) is 2. The van der Waals surface area contributed by atoms with Gasteiger partial charge in [-0.25, -0.2) is 0 Å². The Morgan fingerprint density at radius 2 is 1.91 bits per heavy atom. The first-order chi connectivity index (χ1) is 11.1. The number of nitro benzene ring substituents is 1. The quantitative estimate of drug-likeness (QED) is 0.632. The maximum atomic E-state index is 12.6. The third kappa shape index (κ3) is 3.69. The van der Waals surface area contributed by atoms with Gasteiger partial charge in [0.25, 0.3) is 5.69 Å². The van der Waals surface area contributed by atoms with E-state index in [0.29, 0.717) is 13.1 Å². The normalized spacial score (nSPS) is 22.3. The molecule has 2 aliphatic heterocycles. The van der Waals surface area contributed by atoms with E-state index in [1.807, 2.05) is 17.0 Å². The Balaban J connectivity index is 1.65. The summed E-state index contributed by atoms with van der Waals surface area (Å²) in [5.74, 6) is 0.319. The van der Waals surface area contributed by atoms with Crippen molar-refractivity contribution in [3.63, 3.8) is 0 Å². The largest absolute Gasteiger partial charge is 0.342 e. The highest BCUT2D eigenvalue weighted by atomic mass is 16.6. The van der Waals surface area contributed by atoms with Crippen LogP contribution in [0.4, 0.5) is 5.69 Å². The zero-order valence-corrected chi connectivity index (χ0v) is 13.3. The van der Waals surface area contributed by atoms with Crippen molar-refractivity contribution in [2.45, 2.75) is 32.2 Å². The highest BCUT2D eigenvalue weighted by Crippen LogP contribution is 2.25. The van der Waals surface area contributed by atoms with Crippen molar-refractivity contribution in [1.29, 1.82) is 0 Å². The van der Waals surface area contributed by atoms with Gasteiger partial charge in [0.1, 0.15) is 0 Å². The van der Waals surface area contributed by atoms with Gasteiger partial charge in [0, 0.05) is 37.8 Å². The van der Waals surface area contributed by atoms with Crippen LogP contribution in [0, 0.1) is 16.0 Å². The summed E-state index contributed by atoms with van der Waals surface area (Å²) in [6, 6.07) is 6.88. The molecule has 0 unspecified atom stereocenters. The first-order valence-corrected chi connectivity index (χ1v) is 8.38. The molecule has 3 rings (SSSR count). The van der Waals surface area contributed by atoms with Gasteiger partial charge in [0.15, 0.2) is 0 Å². The molecular weight excluding hydrogens is 294 g/mol. The molecule has 1 aromatic rings. The van der Waals surface area contributed by atoms with Gasteiger partial charge in [-0.1, -0.05) is 18.2 Å². The third-order valence-electron chi connectivity index (χ3n) is 4.85. The van der Waals surface area contributed by atoms with E-state index in [0.717, 1.165) is 50.9 Å². The van der Waals surface area contributed by atoms with E-state index in [4.69, 9.17) is 0 Å². The molecule has 6 heteroatoms. The Labute approximate surface area is 136 Å². The van der Waals surface area contributed by atoms with Crippen LogP contribution < -0.4 is 0 Å². The molecule has 2 saturated heterocycles. The standard InChI is InChI=1S/C17H23N3O3/c21-17(19-10-3-4-11-19)15-7-5-9-18(13-15)12-14-6-1-2-8-16(14)20(22)23/h1-2,6,8,15H,3-5,7,9-13H2/t15-/m0/s1. The van der Waals surface area contributed by atoms with Crippen LogP contribution in [0.5, 0.6) is 0 Å². The van der Waals surface area contributed by atoms with Crippen molar-refractivity contribution >= 4 is 11.6 Å². The molecule has 0 N–H and O–H groups in total. The predicted molar refractivity (Wildman–Crippen MR) is 86.9 cm³/mol. The number of nitro groups is 1. The van der Waals surface area contributed by atoms with Crippen LogP contribution in [-0.4, -0.2) is 46.8 Å². The van der Waals surface area contributed by atoms with Gasteiger partial charge in [0.2, 0.25) is 5.91 Å². The minimum atomic E-state index is -0.327. The van der Waals surface area contributed by atoms with Gasteiger partial charge >= 0.3 is 0 Å². The minimum absolute atomic E-state index is 0.0459. The molecule has 2 aliphatic rings. The lowest BCUT2D eigenvalue weighted by Crippen LogP contribution is -2.43. The average molecular weight is 317 g/mol. The van der Waals surface area contributed by atoms with Crippen LogP contribution in [0.25, 0.3) is 0 Å². The van der Waals surface area contributed by atoms with Crippen LogP contribution >= 0.6 is 0 Å². The Morgan fingerprint density at radius 3 is 2.65 bits per heavy atom. The fourth-order valence-corrected chi connectivity index (χ4v) is 3.66. The van der Waals surface area contributed by atoms with Crippen LogP contribution in [-0.2, 0) is 11.3 Å². The first-order valence-electron chi connectivity index (χ1n) is 8.38. The van der Waals surface area contributed by atoms with Crippen LogP contribution in [0.1, 0.15) is 31.2 Å². The van der Waals surface area contributed by atoms with E-state index >= 15 is 0 Å². The summed E-state index contributed by atoms with van der Waals surface area (Å²) in [6.07, 6.45) is 4.13. The maximum absolute atomic E-state index is 12.6. The summed E-state index contributed by atoms with van der Waals surface area (Å²) in [4.78, 5) is 27.5. The fourth-order valence-electron chi connectivity index (χ4n) is 3.66. The van der Waals surface area contributed by atoms with Crippen molar-refractivity contribution in [3.8, 4) is 0 Å². The van der Waals surface area contributed by atoms with Crippen molar-refractivity contribution in [2.24, 2.45) is 5.92 Å². The third-order valence-corrected chi connectivity index (χ3v) is 4.85. The maximum Gasteiger partial charge on any atom is 0.273 e. The first kappa shape index (κ1) is 15.9. The topological polar surface area (TPSA) is 66.7 Å². The summed E-state index contributed by atoms with van der Waals surface area (Å²) < 4.78 is 0. The lowest BCUT2D eigenvalue weighted by molar-refractivity contribution is -0.385. The van der Waals surface area contributed by atoms with Gasteiger partial charge in [-0.05, 0) is 32.2 Å². The van der Waals surface area contributed by atoms with E-state index in [1.54, 1.807) is 12.1 Å². The zero-order chi connectivity index (χ0) is 16.2. The number of piperidine rings is 1. The Kier molecular flexibility index (Phi) is 4.91. The molecule has 1 aromatic carbocycles. The second-order valence-electron chi connectivity index (χ2n) is 6.49. The molecule has 2 heterocycles. The number of hydrogen-bond donors (Lipinski definition) is 0. The van der Waals surface area contributed by atoms with Gasteiger partial charge in [-0.15, -0.1) is 0 Å². The lowest BCUT2D eigenvalue weighted by atomic mass is 9.96. The van der Waals surface area contributed by atoms with Gasteiger partial charge in [-0.3, -0.25) is 19.8 Å². The summed E-state index contributed by atoms with van der Waals surface area (Å²) >= 11 is 0. The summed E-state index contributed by atoms with van der Waals surface area (Å²) in [5, 5.41) is 11.1. The minimum Gasteiger partial charge on any atom is -0.342 e. The van der Waals surface area contributed by atoms with Crippen molar-refractivity contribution in [1.82, 2.24) is 9.80 Å². The van der Waals surface area contributed by atoms with E-state index < -0.39 is 0 Å². The molecule has 0 aliphatic carbocycles. The van der Waals surface area contributed by atoms with E-state index in [-0.39, 0.29) is 22.4 Å². The monoisotopic (exact) mass is 317 g/mol. The second-order valence-corrected chi connectivity index (χ2v) is 6.49. The van der Waals surface area contributed by atoms with E-state index in [1.165, 1.54) is 0 Å². The molecule has 0 aromatic heterocycles. The molecule has 0 spiro atoms. The Hall–Kier alpha value is -1.95. The Bertz CT molecular complexity index is 584. The van der Waals surface area contributed by atoms with Crippen LogP contribution in [0.3, 0.4) is 0 Å². The highest BCUT2D eigenvalue weighted by molar-refractivity contribution is 5.79. The molecule has 23 heavy (non-hydrogen) atoms. The molecule has 0 saturated carbocycles. The predicted octanol–water partition coefficient (Wildman–Crippen LogP) is 2.43. The van der Waals surface area contributed by atoms with Crippen molar-refractivity contribution in [3.05, 3.63) is 39.9 Å². The summed E-state index contributed by atoms with van der Waals surface area (Å²) in [7, 11) is 0. The second kappa shape index (κ2) is 7.08. The number of carbonyl (C=O) groups excluding carboxylic acids is 1. The molecule has 0 bridgehead atoms. The highest BCUT2D eigenvalue weighted by Gasteiger charge is 2.31. The van der Waals surface area contributed by atoms with E-state index in [9.17, 15) is 14.9 Å². The smallest absolute Gasteiger partial charge is 0.273 e. The van der Waals surface area contributed by atoms with Gasteiger partial charge in [0.05, 0.1) is 10.8 Å². The van der Waals surface area contributed by atoms with E-state index in [2.05, 4.69) is 4.90 Å². The molecular formula is C17H23N3O3. The number of nitrogens with zero attached hydrogens (tertiary/aromatic N) is 3. The molecule has 6 nitrogen and oxygen atoms in total. The number of hydrogen-bond acceptors (Lipinski definition) is 4. The van der Waals surface area contributed by atoms with Crippen LogP contribution in [0.15, 0.2) is 24.3 Å². The number of amides is 1. The van der Waals surface area contributed by atoms with Gasteiger partial charge < -0.3 is 4.90 Å². The molecule has 2 fully saturated rings. The van der Waals surface area contributed by atoms with Crippen molar-refractivity contribution < 1.29 is 9.72 Å². The molecule has 1 atom stereocenters. The van der Waals surface area contributed by atoms with Gasteiger partial charge in [-0.2, -0.15) is 0 Å². The summed E-state index contributed by atoms with van der Waals surface area (Å²) in [5.41, 5.74) is 0.896. The summed E-state index contributed by atoms with van der Waals surface area (Å²) in [6.45, 7) is 3.93. The fraction of sp³-hybridized carbons (Fsp3) is 0.588. The zero-order valence-electron chi connectivity index (χ0n) is 13.3. The lowest BCUT2D eigenvalue weighted by Gasteiger charge is -2.33. The number of benzene rings is 1. The van der Waals surface area contributed by atoms with Crippen LogP contribution in [0.2, 0.25) is 0 Å². The molecule has 1 amide bonds. The average Bonchev–Trinajstić information content (AvgIpc) is 3.09. The Morgan fingerprint density at radius 1 is 1.17 bits per heavy atom. The number of carbonyl (C=O) groups is 1. The molecule has 0 radical (unpaired) electrons. The van der Waals surface area contributed by atoms with Crippen molar-refractivity contribution in [2.75, 3.05) is 26.2 Å². The number of para-hydroxylation sites is 1. The number of rotatable bonds is 4. The molecule has 124 valence electrons.